The van der Waals surface area contributed by atoms with E-state index in [9.17, 15) is 4.79 Å². The predicted molar refractivity (Wildman–Crippen MR) is 148 cm³/mol. The van der Waals surface area contributed by atoms with Gasteiger partial charge in [-0.1, -0.05) is 52.0 Å². The largest absolute Gasteiger partial charge is 0.493 e. The van der Waals surface area contributed by atoms with Crippen molar-refractivity contribution in [1.82, 2.24) is 4.90 Å². The van der Waals surface area contributed by atoms with Crippen LogP contribution in [0.5, 0.6) is 17.2 Å². The van der Waals surface area contributed by atoms with E-state index in [0.29, 0.717) is 11.3 Å². The van der Waals surface area contributed by atoms with Crippen molar-refractivity contribution in [3.63, 3.8) is 0 Å². The summed E-state index contributed by atoms with van der Waals surface area (Å²) in [6.45, 7) is 12.7. The fraction of sp³-hybridized carbons (Fsp3) is 0.367. The van der Waals surface area contributed by atoms with Gasteiger partial charge in [-0.05, 0) is 54.1 Å². The molecule has 1 saturated heterocycles. The van der Waals surface area contributed by atoms with Gasteiger partial charge in [0.2, 0.25) is 0 Å². The quantitative estimate of drug-likeness (QED) is 0.285. The molecule has 0 radical (unpaired) electrons. The maximum absolute atomic E-state index is 12.2. The standard InChI is InChI=1S/C26H28N2O4.2C2H6/c1-30-24-13-8-20(18-25(24)31-2)19-27-14-16-28(17-15-27)22-9-11-23(12-10-22)32-26(29)21-6-4-3-5-7-21;2*1-2/h3-13,18H,14-17,19H2,1-2H3;2*1-2H3. The molecule has 0 bridgehead atoms. The highest BCUT2D eigenvalue weighted by Crippen LogP contribution is 2.28. The number of carbonyl (C=O) groups is 1. The van der Waals surface area contributed by atoms with Crippen LogP contribution in [-0.4, -0.2) is 51.3 Å². The molecule has 0 atom stereocenters. The molecule has 1 aliphatic heterocycles. The Labute approximate surface area is 216 Å². The lowest BCUT2D eigenvalue weighted by Crippen LogP contribution is -2.45. The van der Waals surface area contributed by atoms with Crippen molar-refractivity contribution in [2.24, 2.45) is 0 Å². The number of benzene rings is 3. The van der Waals surface area contributed by atoms with Crippen LogP contribution in [0.1, 0.15) is 43.6 Å². The summed E-state index contributed by atoms with van der Waals surface area (Å²) in [5, 5.41) is 0. The third kappa shape index (κ3) is 8.02. The lowest BCUT2D eigenvalue weighted by Gasteiger charge is -2.36. The predicted octanol–water partition coefficient (Wildman–Crippen LogP) is 6.30. The van der Waals surface area contributed by atoms with Crippen LogP contribution in [-0.2, 0) is 6.54 Å². The molecule has 0 N–H and O–H groups in total. The maximum atomic E-state index is 12.2. The third-order valence-corrected chi connectivity index (χ3v) is 5.65. The molecule has 0 spiro atoms. The fourth-order valence-corrected chi connectivity index (χ4v) is 3.87. The second kappa shape index (κ2) is 15.5. The van der Waals surface area contributed by atoms with Gasteiger partial charge in [-0.3, -0.25) is 4.90 Å². The molecule has 0 unspecified atom stereocenters. The van der Waals surface area contributed by atoms with E-state index < -0.39 is 0 Å². The van der Waals surface area contributed by atoms with Gasteiger partial charge in [0.05, 0.1) is 19.8 Å². The van der Waals surface area contributed by atoms with E-state index in [1.807, 2.05) is 82.3 Å². The van der Waals surface area contributed by atoms with Gasteiger partial charge in [-0.25, -0.2) is 4.79 Å². The molecule has 4 rings (SSSR count). The first-order valence-electron chi connectivity index (χ1n) is 12.7. The molecule has 0 aromatic heterocycles. The lowest BCUT2D eigenvalue weighted by molar-refractivity contribution is 0.0734. The smallest absolute Gasteiger partial charge is 0.343 e. The molecule has 36 heavy (non-hydrogen) atoms. The Morgan fingerprint density at radius 1 is 0.750 bits per heavy atom. The van der Waals surface area contributed by atoms with Crippen molar-refractivity contribution in [3.05, 3.63) is 83.9 Å². The van der Waals surface area contributed by atoms with Crippen molar-refractivity contribution in [2.45, 2.75) is 34.2 Å². The molecule has 1 heterocycles. The zero-order chi connectivity index (χ0) is 26.3. The number of methoxy groups -OCH3 is 2. The molecule has 1 fully saturated rings. The van der Waals surface area contributed by atoms with E-state index in [2.05, 4.69) is 15.9 Å². The molecule has 0 amide bonds. The van der Waals surface area contributed by atoms with Crippen LogP contribution < -0.4 is 19.1 Å². The van der Waals surface area contributed by atoms with Gasteiger partial charge in [0.25, 0.3) is 0 Å². The van der Waals surface area contributed by atoms with E-state index in [1.54, 1.807) is 26.4 Å². The number of piperazine rings is 1. The molecule has 1 aliphatic rings. The summed E-state index contributed by atoms with van der Waals surface area (Å²) >= 11 is 0. The van der Waals surface area contributed by atoms with E-state index >= 15 is 0 Å². The number of hydrogen-bond donors (Lipinski definition) is 0. The number of nitrogens with zero attached hydrogens (tertiary/aromatic N) is 2. The van der Waals surface area contributed by atoms with Gasteiger partial charge in [0.1, 0.15) is 5.75 Å². The number of carbonyl (C=O) groups excluding carboxylic acids is 1. The van der Waals surface area contributed by atoms with Crippen molar-refractivity contribution < 1.29 is 19.0 Å². The Kier molecular flexibility index (Phi) is 12.4. The summed E-state index contributed by atoms with van der Waals surface area (Å²) in [5.41, 5.74) is 2.89. The fourth-order valence-electron chi connectivity index (χ4n) is 3.87. The number of ether oxygens (including phenoxy) is 3. The number of esters is 1. The van der Waals surface area contributed by atoms with Gasteiger partial charge in [0.15, 0.2) is 11.5 Å². The van der Waals surface area contributed by atoms with Crippen molar-refractivity contribution in [3.8, 4) is 17.2 Å². The van der Waals surface area contributed by atoms with Crippen LogP contribution in [0, 0.1) is 0 Å². The van der Waals surface area contributed by atoms with Gasteiger partial charge in [-0.2, -0.15) is 0 Å². The minimum absolute atomic E-state index is 0.345. The molecular formula is C30H40N2O4. The first-order valence-corrected chi connectivity index (χ1v) is 12.7. The summed E-state index contributed by atoms with van der Waals surface area (Å²) in [6, 6.07) is 22.8. The highest BCUT2D eigenvalue weighted by atomic mass is 16.5. The Morgan fingerprint density at radius 2 is 1.36 bits per heavy atom. The molecule has 3 aromatic carbocycles. The summed E-state index contributed by atoms with van der Waals surface area (Å²) in [6.07, 6.45) is 0. The maximum Gasteiger partial charge on any atom is 0.343 e. The second-order valence-corrected chi connectivity index (χ2v) is 7.70. The normalized spacial score (nSPS) is 12.9. The third-order valence-electron chi connectivity index (χ3n) is 5.65. The topological polar surface area (TPSA) is 51.2 Å². The summed E-state index contributed by atoms with van der Waals surface area (Å²) in [7, 11) is 3.31. The van der Waals surface area contributed by atoms with Crippen LogP contribution in [0.3, 0.4) is 0 Å². The zero-order valence-corrected chi connectivity index (χ0v) is 22.5. The first kappa shape index (κ1) is 28.7. The number of rotatable bonds is 7. The van der Waals surface area contributed by atoms with Crippen molar-refractivity contribution in [1.29, 1.82) is 0 Å². The highest BCUT2D eigenvalue weighted by Gasteiger charge is 2.18. The monoisotopic (exact) mass is 492 g/mol. The van der Waals surface area contributed by atoms with Crippen LogP contribution in [0.25, 0.3) is 0 Å². The van der Waals surface area contributed by atoms with Crippen LogP contribution in [0.2, 0.25) is 0 Å². The number of anilines is 1. The second-order valence-electron chi connectivity index (χ2n) is 7.70. The van der Waals surface area contributed by atoms with Crippen LogP contribution in [0.15, 0.2) is 72.8 Å². The average Bonchev–Trinajstić information content (AvgIpc) is 2.96. The zero-order valence-electron chi connectivity index (χ0n) is 22.5. The summed E-state index contributed by atoms with van der Waals surface area (Å²) < 4.78 is 16.2. The SMILES string of the molecule is CC.CC.COc1ccc(CN2CCN(c3ccc(OC(=O)c4ccccc4)cc3)CC2)cc1OC. The van der Waals surface area contributed by atoms with Gasteiger partial charge in [-0.15, -0.1) is 0 Å². The Bertz CT molecular complexity index is 1030. The van der Waals surface area contributed by atoms with E-state index in [0.717, 1.165) is 49.9 Å². The molecule has 6 heteroatoms. The van der Waals surface area contributed by atoms with E-state index in [-0.39, 0.29) is 5.97 Å². The van der Waals surface area contributed by atoms with Crippen LogP contribution >= 0.6 is 0 Å². The molecule has 0 saturated carbocycles. The van der Waals surface area contributed by atoms with E-state index in [4.69, 9.17) is 14.2 Å². The Balaban J connectivity index is 0.00000109. The molecule has 6 nitrogen and oxygen atoms in total. The molecular weight excluding hydrogens is 452 g/mol. The van der Waals surface area contributed by atoms with Gasteiger partial charge < -0.3 is 19.1 Å². The van der Waals surface area contributed by atoms with Crippen molar-refractivity contribution in [2.75, 3.05) is 45.3 Å². The lowest BCUT2D eigenvalue weighted by atomic mass is 10.1. The van der Waals surface area contributed by atoms with Gasteiger partial charge >= 0.3 is 5.97 Å². The number of hydrogen-bond acceptors (Lipinski definition) is 6. The Hall–Kier alpha value is -3.51. The average molecular weight is 493 g/mol. The van der Waals surface area contributed by atoms with E-state index in [1.165, 1.54) is 5.56 Å². The highest BCUT2D eigenvalue weighted by molar-refractivity contribution is 5.91. The van der Waals surface area contributed by atoms with Gasteiger partial charge in [0, 0.05) is 38.4 Å². The molecule has 3 aromatic rings. The minimum Gasteiger partial charge on any atom is -0.493 e. The van der Waals surface area contributed by atoms with Crippen molar-refractivity contribution >= 4 is 11.7 Å². The van der Waals surface area contributed by atoms with Crippen LogP contribution in [0.4, 0.5) is 5.69 Å². The first-order chi connectivity index (χ1) is 17.7. The molecule has 0 aliphatic carbocycles. The summed E-state index contributed by atoms with van der Waals surface area (Å²) in [4.78, 5) is 17.0. The Morgan fingerprint density at radius 3 is 1.94 bits per heavy atom. The molecule has 194 valence electrons. The summed E-state index contributed by atoms with van der Waals surface area (Å²) in [5.74, 6) is 1.72. The minimum atomic E-state index is -0.345.